The fraction of sp³-hybridized carbons (Fsp3) is 1.00. The Balaban J connectivity index is 3.89. The van der Waals surface area contributed by atoms with Gasteiger partial charge in [-0.15, -0.1) is 23.2 Å². The number of rotatable bonds is 9. The van der Waals surface area contributed by atoms with Crippen LogP contribution in [-0.2, 0) is 0 Å². The highest BCUT2D eigenvalue weighted by Crippen LogP contribution is 2.14. The number of nitrogens with zero attached hydrogens (tertiary/aromatic N) is 1. The van der Waals surface area contributed by atoms with Gasteiger partial charge in [0.05, 0.1) is 0 Å². The Kier molecular flexibility index (Phi) is 8.92. The summed E-state index contributed by atoms with van der Waals surface area (Å²) in [5, 5.41) is 3.48. The summed E-state index contributed by atoms with van der Waals surface area (Å²) in [6, 6.07) is 0. The average Bonchev–Trinajstić information content (AvgIpc) is 2.31. The predicted octanol–water partition coefficient (Wildman–Crippen LogP) is 2.54. The normalized spacial score (nSPS) is 12.4. The van der Waals surface area contributed by atoms with Gasteiger partial charge in [-0.2, -0.15) is 0 Å². The van der Waals surface area contributed by atoms with Crippen molar-refractivity contribution in [1.82, 2.24) is 10.2 Å². The molecule has 2 nitrogen and oxygen atoms in total. The van der Waals surface area contributed by atoms with Crippen molar-refractivity contribution in [3.05, 3.63) is 0 Å². The molecule has 4 heteroatoms. The summed E-state index contributed by atoms with van der Waals surface area (Å²) >= 11 is 11.9. The highest BCUT2D eigenvalue weighted by molar-refractivity contribution is 6.22. The van der Waals surface area contributed by atoms with Gasteiger partial charge in [-0.1, -0.05) is 20.8 Å². The molecule has 92 valence electrons. The third kappa shape index (κ3) is 5.39. The first kappa shape index (κ1) is 15.5. The summed E-state index contributed by atoms with van der Waals surface area (Å²) in [5.41, 5.74) is -0.0870. The molecule has 0 radical (unpaired) electrons. The van der Waals surface area contributed by atoms with E-state index in [1.165, 1.54) is 0 Å². The van der Waals surface area contributed by atoms with E-state index in [-0.39, 0.29) is 5.54 Å². The molecule has 0 rings (SSSR count). The molecule has 0 aliphatic heterocycles. The maximum absolute atomic E-state index is 5.95. The molecule has 0 aromatic heterocycles. The van der Waals surface area contributed by atoms with Gasteiger partial charge >= 0.3 is 0 Å². The van der Waals surface area contributed by atoms with Crippen molar-refractivity contribution in [3.63, 3.8) is 0 Å². The largest absolute Gasteiger partial charge is 0.308 e. The monoisotopic (exact) mass is 254 g/mol. The van der Waals surface area contributed by atoms with E-state index >= 15 is 0 Å². The van der Waals surface area contributed by atoms with E-state index in [1.807, 2.05) is 0 Å². The van der Waals surface area contributed by atoms with Gasteiger partial charge in [-0.3, -0.25) is 0 Å². The van der Waals surface area contributed by atoms with Crippen molar-refractivity contribution in [1.29, 1.82) is 0 Å². The smallest absolute Gasteiger partial charge is 0.0451 e. The number of halogens is 2. The molecule has 0 spiro atoms. The number of nitrogens with one attached hydrogen (secondary N) is 1. The lowest BCUT2D eigenvalue weighted by Gasteiger charge is -2.31. The summed E-state index contributed by atoms with van der Waals surface area (Å²) in [4.78, 5) is 2.38. The molecule has 0 aliphatic rings. The zero-order chi connectivity index (χ0) is 11.7. The van der Waals surface area contributed by atoms with E-state index in [9.17, 15) is 0 Å². The molecule has 0 amide bonds. The number of likely N-dealkylation sites (N-methyl/N-ethyl adjacent to an activating group) is 1. The van der Waals surface area contributed by atoms with Crippen LogP contribution in [0.25, 0.3) is 0 Å². The zero-order valence-electron chi connectivity index (χ0n) is 10.2. The zero-order valence-corrected chi connectivity index (χ0v) is 11.7. The van der Waals surface area contributed by atoms with Gasteiger partial charge in [-0.25, -0.2) is 0 Å². The Bertz CT molecular complexity index is 137. The molecule has 0 aromatic carbocycles. The maximum Gasteiger partial charge on any atom is 0.0451 e. The molecule has 0 bridgehead atoms. The minimum absolute atomic E-state index is 0.0870. The third-order valence-electron chi connectivity index (χ3n) is 3.01. The SMILES string of the molecule is CCN(CC)CCNC(CC)(CCl)CCl. The van der Waals surface area contributed by atoms with Crippen LogP contribution in [0.5, 0.6) is 0 Å². The second-order valence-electron chi connectivity index (χ2n) is 3.85. The molecule has 0 saturated heterocycles. The van der Waals surface area contributed by atoms with E-state index < -0.39 is 0 Å². The van der Waals surface area contributed by atoms with Gasteiger partial charge in [0, 0.05) is 30.4 Å². The number of alkyl halides is 2. The van der Waals surface area contributed by atoms with Crippen molar-refractivity contribution in [3.8, 4) is 0 Å². The van der Waals surface area contributed by atoms with Gasteiger partial charge in [0.15, 0.2) is 0 Å². The fourth-order valence-corrected chi connectivity index (χ4v) is 2.32. The molecule has 0 unspecified atom stereocenters. The van der Waals surface area contributed by atoms with Crippen LogP contribution in [0.2, 0.25) is 0 Å². The molecule has 0 atom stereocenters. The molecule has 1 N–H and O–H groups in total. The minimum Gasteiger partial charge on any atom is -0.308 e. The van der Waals surface area contributed by atoms with Crippen LogP contribution in [0.4, 0.5) is 0 Å². The Morgan fingerprint density at radius 3 is 1.93 bits per heavy atom. The third-order valence-corrected chi connectivity index (χ3v) is 4.03. The van der Waals surface area contributed by atoms with Gasteiger partial charge in [0.2, 0.25) is 0 Å². The van der Waals surface area contributed by atoms with Crippen molar-refractivity contribution < 1.29 is 0 Å². The standard InChI is InChI=1S/C11H24Cl2N2/c1-4-11(9-12,10-13)14-7-8-15(5-2)6-3/h14H,4-10H2,1-3H3. The van der Waals surface area contributed by atoms with Crippen molar-refractivity contribution in [2.24, 2.45) is 0 Å². The van der Waals surface area contributed by atoms with Crippen LogP contribution >= 0.6 is 23.2 Å². The average molecular weight is 255 g/mol. The Labute approximate surface area is 104 Å². The van der Waals surface area contributed by atoms with Crippen molar-refractivity contribution in [2.45, 2.75) is 32.7 Å². The number of hydrogen-bond donors (Lipinski definition) is 1. The summed E-state index contributed by atoms with van der Waals surface area (Å²) in [6.45, 7) is 10.7. The van der Waals surface area contributed by atoms with Crippen LogP contribution in [-0.4, -0.2) is 48.4 Å². The predicted molar refractivity (Wildman–Crippen MR) is 70.3 cm³/mol. The van der Waals surface area contributed by atoms with E-state index in [0.29, 0.717) is 11.8 Å². The minimum atomic E-state index is -0.0870. The topological polar surface area (TPSA) is 15.3 Å². The van der Waals surface area contributed by atoms with Crippen LogP contribution in [0.15, 0.2) is 0 Å². The first-order valence-corrected chi connectivity index (χ1v) is 6.84. The van der Waals surface area contributed by atoms with E-state index in [1.54, 1.807) is 0 Å². The molecule has 0 aromatic rings. The molecule has 0 fully saturated rings. The maximum atomic E-state index is 5.95. The Morgan fingerprint density at radius 2 is 1.60 bits per heavy atom. The van der Waals surface area contributed by atoms with Gasteiger partial charge in [0.1, 0.15) is 0 Å². The highest BCUT2D eigenvalue weighted by Gasteiger charge is 2.24. The molecule has 0 saturated carbocycles. The van der Waals surface area contributed by atoms with Gasteiger partial charge < -0.3 is 10.2 Å². The summed E-state index contributed by atoms with van der Waals surface area (Å²) in [5.74, 6) is 1.15. The molecular formula is C11H24Cl2N2. The van der Waals surface area contributed by atoms with E-state index in [4.69, 9.17) is 23.2 Å². The second kappa shape index (κ2) is 8.63. The molecular weight excluding hydrogens is 231 g/mol. The van der Waals surface area contributed by atoms with E-state index in [2.05, 4.69) is 31.0 Å². The lowest BCUT2D eigenvalue weighted by Crippen LogP contribution is -2.50. The summed E-state index contributed by atoms with van der Waals surface area (Å²) in [7, 11) is 0. The van der Waals surface area contributed by atoms with Gasteiger partial charge in [-0.05, 0) is 19.5 Å². The number of hydrogen-bond acceptors (Lipinski definition) is 2. The van der Waals surface area contributed by atoms with Gasteiger partial charge in [0.25, 0.3) is 0 Å². The quantitative estimate of drug-likeness (QED) is 0.637. The molecule has 15 heavy (non-hydrogen) atoms. The first-order chi connectivity index (χ1) is 7.17. The van der Waals surface area contributed by atoms with E-state index in [0.717, 1.165) is 32.6 Å². The fourth-order valence-electron chi connectivity index (χ4n) is 1.46. The Hall–Kier alpha value is 0.500. The van der Waals surface area contributed by atoms with Crippen LogP contribution < -0.4 is 5.32 Å². The molecule has 0 heterocycles. The summed E-state index contributed by atoms with van der Waals surface area (Å²) in [6.07, 6.45) is 0.970. The van der Waals surface area contributed by atoms with Crippen LogP contribution in [0.3, 0.4) is 0 Å². The Morgan fingerprint density at radius 1 is 1.07 bits per heavy atom. The van der Waals surface area contributed by atoms with Crippen molar-refractivity contribution >= 4 is 23.2 Å². The first-order valence-electron chi connectivity index (χ1n) is 5.77. The molecule has 0 aliphatic carbocycles. The van der Waals surface area contributed by atoms with Crippen molar-refractivity contribution in [2.75, 3.05) is 37.9 Å². The lowest BCUT2D eigenvalue weighted by atomic mass is 10.0. The summed E-state index contributed by atoms with van der Waals surface area (Å²) < 4.78 is 0. The second-order valence-corrected chi connectivity index (χ2v) is 4.39. The van der Waals surface area contributed by atoms with Crippen LogP contribution in [0.1, 0.15) is 27.2 Å². The lowest BCUT2D eigenvalue weighted by molar-refractivity contribution is 0.280. The van der Waals surface area contributed by atoms with Crippen LogP contribution in [0, 0.1) is 0 Å². The highest BCUT2D eigenvalue weighted by atomic mass is 35.5.